The van der Waals surface area contributed by atoms with Crippen molar-refractivity contribution in [1.29, 1.82) is 0 Å². The molecule has 1 fully saturated rings. The number of nitro benzene ring substituents is 1. The van der Waals surface area contributed by atoms with E-state index in [9.17, 15) is 18.5 Å². The minimum absolute atomic E-state index is 0.267. The molecule has 7 heteroatoms. The number of nitrogens with one attached hydrogen (secondary N) is 1. The number of hydrogen-bond donors (Lipinski definition) is 1. The first-order chi connectivity index (χ1) is 9.50. The van der Waals surface area contributed by atoms with E-state index >= 15 is 0 Å². The van der Waals surface area contributed by atoms with Crippen LogP contribution in [0.1, 0.15) is 32.1 Å². The van der Waals surface area contributed by atoms with Crippen molar-refractivity contribution >= 4 is 15.7 Å². The van der Waals surface area contributed by atoms with Crippen molar-refractivity contribution in [3.63, 3.8) is 0 Å². The Labute approximate surface area is 118 Å². The van der Waals surface area contributed by atoms with Crippen LogP contribution in [-0.4, -0.2) is 19.9 Å². The van der Waals surface area contributed by atoms with E-state index in [1.165, 1.54) is 37.1 Å². The molecule has 6 nitrogen and oxygen atoms in total. The summed E-state index contributed by atoms with van der Waals surface area (Å²) in [5.74, 6) is 0.573. The topological polar surface area (TPSA) is 89.3 Å². The first-order valence-electron chi connectivity index (χ1n) is 6.74. The largest absolute Gasteiger partial charge is 0.289 e. The van der Waals surface area contributed by atoms with Crippen LogP contribution < -0.4 is 4.72 Å². The van der Waals surface area contributed by atoms with E-state index in [4.69, 9.17) is 0 Å². The third-order valence-corrected chi connectivity index (χ3v) is 5.18. The molecule has 1 aromatic rings. The van der Waals surface area contributed by atoms with Crippen molar-refractivity contribution in [2.24, 2.45) is 5.92 Å². The molecule has 1 N–H and O–H groups in total. The molecule has 0 aliphatic heterocycles. The Morgan fingerprint density at radius 1 is 1.25 bits per heavy atom. The summed E-state index contributed by atoms with van der Waals surface area (Å²) in [5.41, 5.74) is -0.388. The predicted octanol–water partition coefficient (Wildman–Crippen LogP) is 2.45. The summed E-state index contributed by atoms with van der Waals surface area (Å²) in [7, 11) is -3.82. The van der Waals surface area contributed by atoms with Gasteiger partial charge in [0.2, 0.25) is 10.0 Å². The van der Waals surface area contributed by atoms with E-state index in [0.717, 1.165) is 19.3 Å². The van der Waals surface area contributed by atoms with Gasteiger partial charge in [-0.25, -0.2) is 13.1 Å². The fourth-order valence-electron chi connectivity index (χ4n) is 2.61. The van der Waals surface area contributed by atoms with Crippen LogP contribution in [0.25, 0.3) is 0 Å². The molecule has 0 atom stereocenters. The summed E-state index contributed by atoms with van der Waals surface area (Å²) in [6.45, 7) is 0.332. The standard InChI is InChI=1S/C13H18N2O4S/c16-15(17)12-7-3-4-8-13(12)20(18,19)14-10-9-11-5-1-2-6-11/h3-4,7-8,11,14H,1-2,5-6,9-10H2. The monoisotopic (exact) mass is 298 g/mol. The van der Waals surface area contributed by atoms with E-state index in [2.05, 4.69) is 4.72 Å². The van der Waals surface area contributed by atoms with E-state index < -0.39 is 14.9 Å². The number of nitro groups is 1. The molecule has 0 saturated heterocycles. The maximum Gasteiger partial charge on any atom is 0.289 e. The second-order valence-electron chi connectivity index (χ2n) is 5.06. The Hall–Kier alpha value is -1.47. The predicted molar refractivity (Wildman–Crippen MR) is 74.9 cm³/mol. The molecule has 110 valence electrons. The van der Waals surface area contributed by atoms with E-state index in [0.29, 0.717) is 12.5 Å². The van der Waals surface area contributed by atoms with Crippen LogP contribution in [0.3, 0.4) is 0 Å². The van der Waals surface area contributed by atoms with Gasteiger partial charge in [0.25, 0.3) is 5.69 Å². The Balaban J connectivity index is 2.04. The van der Waals surface area contributed by atoms with Crippen molar-refractivity contribution in [3.8, 4) is 0 Å². The molecule has 0 bridgehead atoms. The SMILES string of the molecule is O=[N+]([O-])c1ccccc1S(=O)(=O)NCCC1CCCC1. The molecule has 0 spiro atoms. The minimum Gasteiger partial charge on any atom is -0.258 e. The van der Waals surface area contributed by atoms with Gasteiger partial charge in [-0.3, -0.25) is 10.1 Å². The van der Waals surface area contributed by atoms with Gasteiger partial charge in [0, 0.05) is 12.6 Å². The summed E-state index contributed by atoms with van der Waals surface area (Å²) in [5, 5.41) is 10.9. The van der Waals surface area contributed by atoms with Crippen LogP contribution in [0.5, 0.6) is 0 Å². The highest BCUT2D eigenvalue weighted by molar-refractivity contribution is 7.89. The maximum atomic E-state index is 12.1. The quantitative estimate of drug-likeness (QED) is 0.645. The zero-order chi connectivity index (χ0) is 14.6. The number of sulfonamides is 1. The molecule has 0 amide bonds. The summed E-state index contributed by atoms with van der Waals surface area (Å²) in [6, 6.07) is 5.40. The smallest absolute Gasteiger partial charge is 0.258 e. The van der Waals surface area contributed by atoms with Crippen LogP contribution >= 0.6 is 0 Å². The number of benzene rings is 1. The molecule has 1 aromatic carbocycles. The van der Waals surface area contributed by atoms with Crippen molar-refractivity contribution in [2.75, 3.05) is 6.54 Å². The zero-order valence-corrected chi connectivity index (χ0v) is 11.9. The molecular formula is C13H18N2O4S. The summed E-state index contributed by atoms with van der Waals surface area (Å²) in [6.07, 6.45) is 5.50. The molecule has 1 aliphatic rings. The van der Waals surface area contributed by atoms with Crippen molar-refractivity contribution < 1.29 is 13.3 Å². The molecule has 0 heterocycles. The Morgan fingerprint density at radius 3 is 2.55 bits per heavy atom. The van der Waals surface area contributed by atoms with Gasteiger partial charge in [-0.15, -0.1) is 0 Å². The van der Waals surface area contributed by atoms with Gasteiger partial charge >= 0.3 is 0 Å². The highest BCUT2D eigenvalue weighted by atomic mass is 32.2. The zero-order valence-electron chi connectivity index (χ0n) is 11.1. The maximum absolute atomic E-state index is 12.1. The summed E-state index contributed by atoms with van der Waals surface area (Å²) in [4.78, 5) is 9.92. The number of hydrogen-bond acceptors (Lipinski definition) is 4. The van der Waals surface area contributed by atoms with Crippen LogP contribution in [0.2, 0.25) is 0 Å². The molecule has 2 rings (SSSR count). The lowest BCUT2D eigenvalue weighted by atomic mass is 10.1. The lowest BCUT2D eigenvalue weighted by Crippen LogP contribution is -2.26. The first kappa shape index (κ1) is 14.9. The summed E-state index contributed by atoms with van der Waals surface area (Å²) >= 11 is 0. The molecular weight excluding hydrogens is 280 g/mol. The molecule has 1 aliphatic carbocycles. The second-order valence-corrected chi connectivity index (χ2v) is 6.80. The molecule has 0 aromatic heterocycles. The van der Waals surface area contributed by atoms with Gasteiger partial charge in [-0.2, -0.15) is 0 Å². The Morgan fingerprint density at radius 2 is 1.90 bits per heavy atom. The summed E-state index contributed by atoms with van der Waals surface area (Å²) < 4.78 is 26.7. The van der Waals surface area contributed by atoms with Gasteiger partial charge in [0.1, 0.15) is 0 Å². The molecule has 0 unspecified atom stereocenters. The average Bonchev–Trinajstić information content (AvgIpc) is 2.91. The second kappa shape index (κ2) is 6.32. The number of para-hydroxylation sites is 1. The van der Waals surface area contributed by atoms with E-state index in [1.54, 1.807) is 0 Å². The highest BCUT2D eigenvalue weighted by Gasteiger charge is 2.25. The molecule has 1 saturated carbocycles. The van der Waals surface area contributed by atoms with Crippen LogP contribution in [0.4, 0.5) is 5.69 Å². The van der Waals surface area contributed by atoms with Gasteiger partial charge in [0.05, 0.1) is 4.92 Å². The van der Waals surface area contributed by atoms with Gasteiger partial charge < -0.3 is 0 Å². The Kier molecular flexibility index (Phi) is 4.72. The molecule has 20 heavy (non-hydrogen) atoms. The average molecular weight is 298 g/mol. The minimum atomic E-state index is -3.82. The third kappa shape index (κ3) is 3.55. The van der Waals surface area contributed by atoms with Crippen LogP contribution in [0.15, 0.2) is 29.2 Å². The van der Waals surface area contributed by atoms with Crippen LogP contribution in [-0.2, 0) is 10.0 Å². The van der Waals surface area contributed by atoms with Crippen LogP contribution in [0, 0.1) is 16.0 Å². The van der Waals surface area contributed by atoms with E-state index in [-0.39, 0.29) is 10.6 Å². The fraction of sp³-hybridized carbons (Fsp3) is 0.538. The van der Waals surface area contributed by atoms with Crippen molar-refractivity contribution in [1.82, 2.24) is 4.72 Å². The third-order valence-electron chi connectivity index (χ3n) is 3.67. The van der Waals surface area contributed by atoms with Gasteiger partial charge in [-0.1, -0.05) is 37.8 Å². The lowest BCUT2D eigenvalue weighted by molar-refractivity contribution is -0.387. The van der Waals surface area contributed by atoms with Gasteiger partial charge in [-0.05, 0) is 18.4 Å². The Bertz CT molecular complexity index is 580. The van der Waals surface area contributed by atoms with Gasteiger partial charge in [0.15, 0.2) is 4.90 Å². The van der Waals surface area contributed by atoms with Crippen molar-refractivity contribution in [3.05, 3.63) is 34.4 Å². The highest BCUT2D eigenvalue weighted by Crippen LogP contribution is 2.27. The number of nitrogens with zero attached hydrogens (tertiary/aromatic N) is 1. The lowest BCUT2D eigenvalue weighted by Gasteiger charge is -2.10. The first-order valence-corrected chi connectivity index (χ1v) is 8.22. The fourth-order valence-corrected chi connectivity index (χ4v) is 3.83. The normalized spacial score (nSPS) is 16.4. The van der Waals surface area contributed by atoms with E-state index in [1.807, 2.05) is 0 Å². The molecule has 0 radical (unpaired) electrons. The number of rotatable bonds is 6. The van der Waals surface area contributed by atoms with Crippen molar-refractivity contribution in [2.45, 2.75) is 37.0 Å².